The van der Waals surface area contributed by atoms with Gasteiger partial charge in [-0.15, -0.1) is 0 Å². The van der Waals surface area contributed by atoms with Crippen molar-refractivity contribution >= 4 is 0 Å². The largest absolute Gasteiger partial charge is 0.394 e. The summed E-state index contributed by atoms with van der Waals surface area (Å²) in [4.78, 5) is 14.1. The lowest BCUT2D eigenvalue weighted by Crippen LogP contribution is -2.49. The number of hydrogen-bond acceptors (Lipinski definition) is 4. The zero-order valence-corrected chi connectivity index (χ0v) is 10.9. The zero-order valence-electron chi connectivity index (χ0n) is 10.9. The van der Waals surface area contributed by atoms with E-state index in [9.17, 15) is 9.90 Å². The van der Waals surface area contributed by atoms with Crippen molar-refractivity contribution in [1.29, 1.82) is 0 Å². The predicted molar refractivity (Wildman–Crippen MR) is 71.1 cm³/mol. The number of aliphatic hydroxyl groups excluding tert-OH is 2. The number of fused-ring (bicyclic) bond motifs is 4. The van der Waals surface area contributed by atoms with Gasteiger partial charge in [0.15, 0.2) is 0 Å². The summed E-state index contributed by atoms with van der Waals surface area (Å²) in [5, 5.41) is 18.5. The van der Waals surface area contributed by atoms with E-state index in [1.165, 1.54) is 0 Å². The molecule has 5 nitrogen and oxygen atoms in total. The second-order valence-corrected chi connectivity index (χ2v) is 5.75. The minimum absolute atomic E-state index is 0.0936. The minimum Gasteiger partial charge on any atom is -0.394 e. The number of pyridine rings is 1. The van der Waals surface area contributed by atoms with Crippen LogP contribution in [0.4, 0.5) is 0 Å². The van der Waals surface area contributed by atoms with E-state index in [4.69, 9.17) is 5.11 Å². The van der Waals surface area contributed by atoms with Gasteiger partial charge in [0.05, 0.1) is 12.7 Å². The van der Waals surface area contributed by atoms with E-state index in [0.717, 1.165) is 31.7 Å². The number of aromatic nitrogens is 1. The molecule has 0 radical (unpaired) electrons. The SMILES string of the molecule is O=c1cccc2n1CC1CC2CN(CC(O)CO)C1. The Morgan fingerprint density at radius 3 is 2.95 bits per heavy atom. The van der Waals surface area contributed by atoms with Crippen LogP contribution in [0, 0.1) is 5.92 Å². The fraction of sp³-hybridized carbons (Fsp3) is 0.643. The molecular formula is C14H20N2O3. The third-order valence-corrected chi connectivity index (χ3v) is 4.24. The van der Waals surface area contributed by atoms with E-state index in [2.05, 4.69) is 4.90 Å². The summed E-state index contributed by atoms with van der Waals surface area (Å²) in [6.45, 7) is 2.85. The lowest BCUT2D eigenvalue weighted by Gasteiger charge is -2.43. The lowest BCUT2D eigenvalue weighted by molar-refractivity contribution is 0.0324. The Hall–Kier alpha value is -1.17. The van der Waals surface area contributed by atoms with E-state index >= 15 is 0 Å². The summed E-state index contributed by atoms with van der Waals surface area (Å²) in [7, 11) is 0. The van der Waals surface area contributed by atoms with E-state index < -0.39 is 6.10 Å². The third-order valence-electron chi connectivity index (χ3n) is 4.24. The molecule has 1 aromatic rings. The molecule has 0 spiro atoms. The van der Waals surface area contributed by atoms with Gasteiger partial charge < -0.3 is 14.8 Å². The van der Waals surface area contributed by atoms with Gasteiger partial charge in [-0.3, -0.25) is 9.69 Å². The van der Waals surface area contributed by atoms with Crippen molar-refractivity contribution in [3.63, 3.8) is 0 Å². The molecule has 1 fully saturated rings. The number of nitrogens with zero attached hydrogens (tertiary/aromatic N) is 2. The Balaban J connectivity index is 1.82. The Bertz CT molecular complexity index is 514. The molecule has 3 heterocycles. The van der Waals surface area contributed by atoms with E-state index in [1.54, 1.807) is 6.07 Å². The highest BCUT2D eigenvalue weighted by atomic mass is 16.3. The lowest BCUT2D eigenvalue weighted by atomic mass is 9.83. The Morgan fingerprint density at radius 1 is 1.32 bits per heavy atom. The van der Waals surface area contributed by atoms with Crippen LogP contribution in [0.5, 0.6) is 0 Å². The fourth-order valence-corrected chi connectivity index (χ4v) is 3.50. The monoisotopic (exact) mass is 264 g/mol. The first-order chi connectivity index (χ1) is 9.17. The molecule has 0 aromatic carbocycles. The second-order valence-electron chi connectivity index (χ2n) is 5.75. The fourth-order valence-electron chi connectivity index (χ4n) is 3.50. The van der Waals surface area contributed by atoms with Crippen molar-refractivity contribution in [1.82, 2.24) is 9.47 Å². The van der Waals surface area contributed by atoms with Gasteiger partial charge in [0, 0.05) is 43.9 Å². The molecule has 3 unspecified atom stereocenters. The zero-order chi connectivity index (χ0) is 13.4. The number of rotatable bonds is 3. The van der Waals surface area contributed by atoms with Gasteiger partial charge in [-0.1, -0.05) is 6.07 Å². The summed E-state index contributed by atoms with van der Waals surface area (Å²) >= 11 is 0. The summed E-state index contributed by atoms with van der Waals surface area (Å²) in [6, 6.07) is 5.49. The maximum absolute atomic E-state index is 11.9. The van der Waals surface area contributed by atoms with Crippen molar-refractivity contribution in [3.8, 4) is 0 Å². The maximum atomic E-state index is 11.9. The highest BCUT2D eigenvalue weighted by Crippen LogP contribution is 2.34. The van der Waals surface area contributed by atoms with Crippen LogP contribution >= 0.6 is 0 Å². The molecule has 3 atom stereocenters. The molecule has 3 rings (SSSR count). The van der Waals surface area contributed by atoms with Crippen LogP contribution in [0.3, 0.4) is 0 Å². The number of β-amino-alcohol motifs (C(OH)–C–C–N with tert-alkyl or cyclic N) is 1. The Labute approximate surface area is 112 Å². The summed E-state index contributed by atoms with van der Waals surface area (Å²) in [5.41, 5.74) is 1.21. The first-order valence-corrected chi connectivity index (χ1v) is 6.88. The van der Waals surface area contributed by atoms with Gasteiger partial charge in [-0.05, 0) is 18.4 Å². The van der Waals surface area contributed by atoms with E-state index in [1.807, 2.05) is 16.7 Å². The van der Waals surface area contributed by atoms with Crippen molar-refractivity contribution in [2.24, 2.45) is 5.92 Å². The summed E-state index contributed by atoms with van der Waals surface area (Å²) in [6.07, 6.45) is 0.451. The van der Waals surface area contributed by atoms with Crippen molar-refractivity contribution in [3.05, 3.63) is 34.2 Å². The molecule has 2 aliphatic heterocycles. The van der Waals surface area contributed by atoms with Gasteiger partial charge in [-0.25, -0.2) is 0 Å². The predicted octanol–water partition coefficient (Wildman–Crippen LogP) is -0.379. The van der Waals surface area contributed by atoms with Crippen molar-refractivity contribution in [2.75, 3.05) is 26.2 Å². The maximum Gasteiger partial charge on any atom is 0.250 e. The van der Waals surface area contributed by atoms with Gasteiger partial charge in [0.1, 0.15) is 0 Å². The smallest absolute Gasteiger partial charge is 0.250 e. The van der Waals surface area contributed by atoms with Crippen LogP contribution in [0.2, 0.25) is 0 Å². The van der Waals surface area contributed by atoms with Gasteiger partial charge in [-0.2, -0.15) is 0 Å². The first kappa shape index (κ1) is 12.8. The van der Waals surface area contributed by atoms with E-state index in [0.29, 0.717) is 18.4 Å². The number of aliphatic hydroxyl groups is 2. The standard InChI is InChI=1S/C14H20N2O3/c17-9-12(18)8-15-5-10-4-11(7-15)13-2-1-3-14(19)16(13)6-10/h1-3,10-12,17-18H,4-9H2. The summed E-state index contributed by atoms with van der Waals surface area (Å²) < 4.78 is 1.90. The molecule has 2 N–H and O–H groups in total. The topological polar surface area (TPSA) is 65.7 Å². The molecule has 0 amide bonds. The van der Waals surface area contributed by atoms with Crippen LogP contribution in [-0.4, -0.2) is 52.0 Å². The molecule has 1 aromatic heterocycles. The number of hydrogen-bond donors (Lipinski definition) is 2. The molecule has 2 aliphatic rings. The number of likely N-dealkylation sites (tertiary alicyclic amines) is 1. The van der Waals surface area contributed by atoms with Crippen LogP contribution in [-0.2, 0) is 6.54 Å². The van der Waals surface area contributed by atoms with Crippen molar-refractivity contribution in [2.45, 2.75) is 25.0 Å². The first-order valence-electron chi connectivity index (χ1n) is 6.88. The van der Waals surface area contributed by atoms with Gasteiger partial charge in [0.2, 0.25) is 0 Å². The molecule has 2 bridgehead atoms. The molecule has 0 saturated carbocycles. The molecule has 0 aliphatic carbocycles. The molecule has 19 heavy (non-hydrogen) atoms. The Kier molecular flexibility index (Phi) is 3.43. The molecular weight excluding hydrogens is 244 g/mol. The van der Waals surface area contributed by atoms with Crippen LogP contribution in [0.1, 0.15) is 18.0 Å². The van der Waals surface area contributed by atoms with Crippen LogP contribution < -0.4 is 5.56 Å². The van der Waals surface area contributed by atoms with Crippen LogP contribution in [0.25, 0.3) is 0 Å². The van der Waals surface area contributed by atoms with Crippen molar-refractivity contribution < 1.29 is 10.2 Å². The normalized spacial score (nSPS) is 27.9. The molecule has 1 saturated heterocycles. The minimum atomic E-state index is -0.670. The molecule has 104 valence electrons. The average molecular weight is 264 g/mol. The quantitative estimate of drug-likeness (QED) is 0.781. The Morgan fingerprint density at radius 2 is 2.16 bits per heavy atom. The molecule has 5 heteroatoms. The third kappa shape index (κ3) is 2.45. The highest BCUT2D eigenvalue weighted by Gasteiger charge is 2.34. The van der Waals surface area contributed by atoms with Crippen LogP contribution in [0.15, 0.2) is 23.0 Å². The van der Waals surface area contributed by atoms with Gasteiger partial charge >= 0.3 is 0 Å². The second kappa shape index (κ2) is 5.07. The average Bonchev–Trinajstić information content (AvgIpc) is 2.40. The van der Waals surface area contributed by atoms with E-state index in [-0.39, 0.29) is 12.2 Å². The highest BCUT2D eigenvalue weighted by molar-refractivity contribution is 5.16. The van der Waals surface area contributed by atoms with Gasteiger partial charge in [0.25, 0.3) is 5.56 Å². The summed E-state index contributed by atoms with van der Waals surface area (Å²) in [5.74, 6) is 0.838. The number of piperidine rings is 1.